The SMILES string of the molecule is Cl.NC1(C(=O)NCCOC2CCCC2)CCC1. The fraction of sp³-hybridized carbons (Fsp3) is 0.917. The molecule has 100 valence electrons. The highest BCUT2D eigenvalue weighted by Gasteiger charge is 2.39. The third-order valence-corrected chi connectivity index (χ3v) is 3.74. The van der Waals surface area contributed by atoms with Crippen LogP contribution < -0.4 is 11.1 Å². The lowest BCUT2D eigenvalue weighted by molar-refractivity contribution is -0.129. The first-order chi connectivity index (χ1) is 7.71. The third-order valence-electron chi connectivity index (χ3n) is 3.74. The molecule has 0 aromatic heterocycles. The van der Waals surface area contributed by atoms with E-state index in [0.29, 0.717) is 19.3 Å². The van der Waals surface area contributed by atoms with Gasteiger partial charge in [-0.05, 0) is 32.1 Å². The Morgan fingerprint density at radius 2 is 1.94 bits per heavy atom. The molecule has 0 radical (unpaired) electrons. The summed E-state index contributed by atoms with van der Waals surface area (Å²) in [5, 5.41) is 2.86. The first-order valence-corrected chi connectivity index (χ1v) is 6.39. The topological polar surface area (TPSA) is 64.4 Å². The second-order valence-corrected chi connectivity index (χ2v) is 5.04. The molecule has 2 aliphatic rings. The van der Waals surface area contributed by atoms with Gasteiger partial charge in [0.05, 0.1) is 18.2 Å². The Kier molecular flexibility index (Phi) is 5.70. The summed E-state index contributed by atoms with van der Waals surface area (Å²) in [6.45, 7) is 1.21. The van der Waals surface area contributed by atoms with E-state index in [1.807, 2.05) is 0 Å². The molecule has 0 heterocycles. The highest BCUT2D eigenvalue weighted by molar-refractivity contribution is 5.86. The Morgan fingerprint density at radius 3 is 2.47 bits per heavy atom. The molecule has 0 aromatic rings. The summed E-state index contributed by atoms with van der Waals surface area (Å²) < 4.78 is 5.66. The molecule has 1 amide bonds. The van der Waals surface area contributed by atoms with Crippen LogP contribution in [0.2, 0.25) is 0 Å². The van der Waals surface area contributed by atoms with Crippen molar-refractivity contribution in [2.75, 3.05) is 13.2 Å². The lowest BCUT2D eigenvalue weighted by Crippen LogP contribution is -2.58. The number of nitrogens with one attached hydrogen (secondary N) is 1. The monoisotopic (exact) mass is 262 g/mol. The number of carbonyl (C=O) groups excluding carboxylic acids is 1. The smallest absolute Gasteiger partial charge is 0.240 e. The molecular formula is C12H23ClN2O2. The van der Waals surface area contributed by atoms with Crippen molar-refractivity contribution < 1.29 is 9.53 Å². The van der Waals surface area contributed by atoms with Gasteiger partial charge in [0.1, 0.15) is 0 Å². The van der Waals surface area contributed by atoms with Crippen LogP contribution in [0, 0.1) is 0 Å². The molecule has 0 spiro atoms. The van der Waals surface area contributed by atoms with Gasteiger partial charge < -0.3 is 15.8 Å². The molecule has 0 bridgehead atoms. The Morgan fingerprint density at radius 1 is 1.29 bits per heavy atom. The minimum absolute atomic E-state index is 0. The van der Waals surface area contributed by atoms with Gasteiger partial charge in [-0.2, -0.15) is 0 Å². The average Bonchev–Trinajstić information content (AvgIpc) is 2.73. The molecule has 2 fully saturated rings. The number of halogens is 1. The summed E-state index contributed by atoms with van der Waals surface area (Å²) in [5.41, 5.74) is 5.32. The number of rotatable bonds is 5. The van der Waals surface area contributed by atoms with E-state index in [1.54, 1.807) is 0 Å². The summed E-state index contributed by atoms with van der Waals surface area (Å²) in [5.74, 6) is -0.00577. The van der Waals surface area contributed by atoms with Crippen molar-refractivity contribution >= 4 is 18.3 Å². The van der Waals surface area contributed by atoms with Crippen LogP contribution in [0.5, 0.6) is 0 Å². The molecule has 0 unspecified atom stereocenters. The van der Waals surface area contributed by atoms with Crippen molar-refractivity contribution in [2.24, 2.45) is 5.73 Å². The number of amides is 1. The van der Waals surface area contributed by atoms with Gasteiger partial charge in [-0.15, -0.1) is 12.4 Å². The van der Waals surface area contributed by atoms with E-state index in [1.165, 1.54) is 25.7 Å². The van der Waals surface area contributed by atoms with Gasteiger partial charge in [0.2, 0.25) is 5.91 Å². The quantitative estimate of drug-likeness (QED) is 0.736. The van der Waals surface area contributed by atoms with Crippen molar-refractivity contribution in [1.82, 2.24) is 5.32 Å². The van der Waals surface area contributed by atoms with Crippen LogP contribution in [0.15, 0.2) is 0 Å². The van der Waals surface area contributed by atoms with Crippen molar-refractivity contribution in [3.8, 4) is 0 Å². The minimum atomic E-state index is -0.576. The van der Waals surface area contributed by atoms with Crippen LogP contribution in [-0.4, -0.2) is 30.7 Å². The van der Waals surface area contributed by atoms with Crippen molar-refractivity contribution in [3.05, 3.63) is 0 Å². The maximum atomic E-state index is 11.7. The standard InChI is InChI=1S/C12H22N2O2.ClH/c13-12(6-3-7-12)11(15)14-8-9-16-10-4-1-2-5-10;/h10H,1-9,13H2,(H,14,15);1H. The molecular weight excluding hydrogens is 240 g/mol. The van der Waals surface area contributed by atoms with E-state index >= 15 is 0 Å². The second-order valence-electron chi connectivity index (χ2n) is 5.04. The lowest BCUT2D eigenvalue weighted by atomic mass is 9.77. The van der Waals surface area contributed by atoms with Gasteiger partial charge in [0, 0.05) is 6.54 Å². The van der Waals surface area contributed by atoms with Gasteiger partial charge in [-0.1, -0.05) is 12.8 Å². The van der Waals surface area contributed by atoms with Gasteiger partial charge in [-0.3, -0.25) is 4.79 Å². The first kappa shape index (κ1) is 14.7. The van der Waals surface area contributed by atoms with Crippen molar-refractivity contribution in [2.45, 2.75) is 56.6 Å². The number of ether oxygens (including phenoxy) is 1. The Hall–Kier alpha value is -0.320. The van der Waals surface area contributed by atoms with E-state index in [2.05, 4.69) is 5.32 Å². The van der Waals surface area contributed by atoms with Crippen LogP contribution in [0.25, 0.3) is 0 Å². The average molecular weight is 263 g/mol. The van der Waals surface area contributed by atoms with E-state index in [0.717, 1.165) is 19.3 Å². The molecule has 4 nitrogen and oxygen atoms in total. The maximum Gasteiger partial charge on any atom is 0.240 e. The van der Waals surface area contributed by atoms with E-state index < -0.39 is 5.54 Å². The highest BCUT2D eigenvalue weighted by atomic mass is 35.5. The summed E-state index contributed by atoms with van der Waals surface area (Å²) in [4.78, 5) is 11.7. The minimum Gasteiger partial charge on any atom is -0.376 e. The summed E-state index contributed by atoms with van der Waals surface area (Å²) in [6.07, 6.45) is 8.05. The van der Waals surface area contributed by atoms with E-state index in [4.69, 9.17) is 10.5 Å². The van der Waals surface area contributed by atoms with Crippen molar-refractivity contribution in [1.29, 1.82) is 0 Å². The largest absolute Gasteiger partial charge is 0.376 e. The number of nitrogens with two attached hydrogens (primary N) is 1. The fourth-order valence-electron chi connectivity index (χ4n) is 2.41. The van der Waals surface area contributed by atoms with Crippen LogP contribution in [0.3, 0.4) is 0 Å². The molecule has 3 N–H and O–H groups in total. The van der Waals surface area contributed by atoms with E-state index in [9.17, 15) is 4.79 Å². The zero-order chi connectivity index (χ0) is 11.4. The predicted molar refractivity (Wildman–Crippen MR) is 69.2 cm³/mol. The van der Waals surface area contributed by atoms with Crippen molar-refractivity contribution in [3.63, 3.8) is 0 Å². The van der Waals surface area contributed by atoms with Gasteiger partial charge in [-0.25, -0.2) is 0 Å². The fourth-order valence-corrected chi connectivity index (χ4v) is 2.41. The molecule has 17 heavy (non-hydrogen) atoms. The van der Waals surface area contributed by atoms with Gasteiger partial charge in [0.25, 0.3) is 0 Å². The number of hydrogen-bond donors (Lipinski definition) is 2. The zero-order valence-electron chi connectivity index (χ0n) is 10.2. The van der Waals surface area contributed by atoms with Crippen LogP contribution in [0.4, 0.5) is 0 Å². The lowest BCUT2D eigenvalue weighted by Gasteiger charge is -2.36. The first-order valence-electron chi connectivity index (χ1n) is 6.39. The molecule has 0 saturated heterocycles. The zero-order valence-corrected chi connectivity index (χ0v) is 11.1. The molecule has 0 atom stereocenters. The molecule has 2 saturated carbocycles. The Balaban J connectivity index is 0.00000144. The molecule has 5 heteroatoms. The predicted octanol–water partition coefficient (Wildman–Crippen LogP) is 1.36. The van der Waals surface area contributed by atoms with Crippen LogP contribution in [0.1, 0.15) is 44.9 Å². The number of carbonyl (C=O) groups is 1. The summed E-state index contributed by atoms with van der Waals surface area (Å²) in [7, 11) is 0. The summed E-state index contributed by atoms with van der Waals surface area (Å²) in [6, 6.07) is 0. The maximum absolute atomic E-state index is 11.7. The molecule has 0 aromatic carbocycles. The normalized spacial score (nSPS) is 22.6. The second kappa shape index (κ2) is 6.57. The number of hydrogen-bond acceptors (Lipinski definition) is 3. The molecule has 2 rings (SSSR count). The van der Waals surface area contributed by atoms with Gasteiger partial charge >= 0.3 is 0 Å². The Labute approximate surface area is 109 Å². The van der Waals surface area contributed by atoms with Crippen LogP contribution >= 0.6 is 12.4 Å². The molecule has 0 aliphatic heterocycles. The Bertz CT molecular complexity index is 251. The third kappa shape index (κ3) is 3.83. The molecule has 2 aliphatic carbocycles. The highest BCUT2D eigenvalue weighted by Crippen LogP contribution is 2.28. The van der Waals surface area contributed by atoms with Gasteiger partial charge in [0.15, 0.2) is 0 Å². The summed E-state index contributed by atoms with van der Waals surface area (Å²) >= 11 is 0. The van der Waals surface area contributed by atoms with Crippen LogP contribution in [-0.2, 0) is 9.53 Å². The van der Waals surface area contributed by atoms with E-state index in [-0.39, 0.29) is 18.3 Å².